The highest BCUT2D eigenvalue weighted by molar-refractivity contribution is 9.10. The number of ether oxygens (including phenoxy) is 1. The van der Waals surface area contributed by atoms with Crippen LogP contribution in [-0.2, 0) is 20.9 Å². The summed E-state index contributed by atoms with van der Waals surface area (Å²) < 4.78 is 72.9. The number of halogens is 4. The van der Waals surface area contributed by atoms with Crippen LogP contribution in [0.4, 0.5) is 18.9 Å². The predicted molar refractivity (Wildman–Crippen MR) is 113 cm³/mol. The molecule has 0 spiro atoms. The molecule has 0 saturated heterocycles. The molecule has 0 aliphatic heterocycles. The van der Waals surface area contributed by atoms with Crippen molar-refractivity contribution >= 4 is 37.6 Å². The molecule has 0 aliphatic rings. The minimum Gasteiger partial charge on any atom is -0.465 e. The van der Waals surface area contributed by atoms with Crippen molar-refractivity contribution in [1.82, 2.24) is 0 Å². The molecule has 0 bridgehead atoms. The van der Waals surface area contributed by atoms with E-state index in [9.17, 15) is 26.4 Å². The lowest BCUT2D eigenvalue weighted by Crippen LogP contribution is -2.16. The number of hydrogen-bond acceptors (Lipinski definition) is 4. The molecule has 0 unspecified atom stereocenters. The average Bonchev–Trinajstić information content (AvgIpc) is 2.73. The summed E-state index contributed by atoms with van der Waals surface area (Å²) in [7, 11) is -3.23. The van der Waals surface area contributed by atoms with E-state index >= 15 is 0 Å². The summed E-state index contributed by atoms with van der Waals surface area (Å²) in [5.74, 6) is -0.756. The molecule has 1 N–H and O–H groups in total. The lowest BCUT2D eigenvalue weighted by Gasteiger charge is -2.17. The molecule has 0 amide bonds. The van der Waals surface area contributed by atoms with E-state index in [0.717, 1.165) is 25.3 Å². The fourth-order valence-electron chi connectivity index (χ4n) is 2.83. The summed E-state index contributed by atoms with van der Waals surface area (Å²) in [4.78, 5) is 11.5. The zero-order valence-corrected chi connectivity index (χ0v) is 18.3. The van der Waals surface area contributed by atoms with Crippen molar-refractivity contribution in [3.05, 3.63) is 82.3 Å². The maximum Gasteiger partial charge on any atom is 0.416 e. The van der Waals surface area contributed by atoms with E-state index < -0.39 is 27.7 Å². The highest BCUT2D eigenvalue weighted by Gasteiger charge is 2.32. The Labute approximate surface area is 185 Å². The van der Waals surface area contributed by atoms with E-state index in [4.69, 9.17) is 0 Å². The first kappa shape index (κ1) is 22.8. The first-order valence-corrected chi connectivity index (χ1v) is 11.0. The van der Waals surface area contributed by atoms with Gasteiger partial charge in [0.1, 0.15) is 4.90 Å². The van der Waals surface area contributed by atoms with Crippen molar-refractivity contribution in [1.29, 1.82) is 0 Å². The van der Waals surface area contributed by atoms with Crippen LogP contribution >= 0.6 is 15.9 Å². The van der Waals surface area contributed by atoms with Crippen molar-refractivity contribution in [2.24, 2.45) is 0 Å². The van der Waals surface area contributed by atoms with Gasteiger partial charge in [-0.15, -0.1) is 0 Å². The van der Waals surface area contributed by atoms with Crippen LogP contribution in [0.25, 0.3) is 11.1 Å². The summed E-state index contributed by atoms with van der Waals surface area (Å²) in [6.07, 6.45) is -4.67. The van der Waals surface area contributed by atoms with Gasteiger partial charge in [0.2, 0.25) is 0 Å². The summed E-state index contributed by atoms with van der Waals surface area (Å²) in [6, 6.07) is 15.0. The van der Waals surface area contributed by atoms with Gasteiger partial charge >= 0.3 is 12.1 Å². The van der Waals surface area contributed by atoms with E-state index in [1.54, 1.807) is 30.3 Å². The van der Waals surface area contributed by atoms with Crippen LogP contribution in [0, 0.1) is 0 Å². The van der Waals surface area contributed by atoms with E-state index in [2.05, 4.69) is 25.4 Å². The molecule has 5 nitrogen and oxygen atoms in total. The second-order valence-electron chi connectivity index (χ2n) is 6.37. The number of carbonyl (C=O) groups excluding carboxylic acids is 1. The third-order valence-corrected chi connectivity index (χ3v) is 6.68. The standard InChI is InChI=1S/C21H15BrF3NO4S/c1-30-20(27)14-7-10-17(22)19(11-14)31(28,29)26-18-12-15(21(23,24)25)8-9-16(18)13-5-3-2-4-6-13/h2-12,26H,1H3. The molecule has 10 heteroatoms. The first-order valence-electron chi connectivity index (χ1n) is 8.70. The Balaban J connectivity index is 2.13. The van der Waals surface area contributed by atoms with Gasteiger partial charge in [0.05, 0.1) is 23.9 Å². The fraction of sp³-hybridized carbons (Fsp3) is 0.0952. The topological polar surface area (TPSA) is 72.5 Å². The summed E-state index contributed by atoms with van der Waals surface area (Å²) >= 11 is 3.11. The normalized spacial score (nSPS) is 11.8. The molecule has 3 aromatic rings. The van der Waals surface area contributed by atoms with E-state index in [1.807, 2.05) is 0 Å². The maximum absolute atomic E-state index is 13.3. The molecule has 0 fully saturated rings. The van der Waals surface area contributed by atoms with Crippen LogP contribution in [-0.4, -0.2) is 21.5 Å². The number of esters is 1. The predicted octanol–water partition coefficient (Wildman–Crippen LogP) is 5.72. The summed E-state index contributed by atoms with van der Waals surface area (Å²) in [5.41, 5.74) is -0.504. The number of rotatable bonds is 5. The van der Waals surface area contributed by atoms with Crippen molar-refractivity contribution in [2.75, 3.05) is 11.8 Å². The Kier molecular flexibility index (Phi) is 6.42. The monoisotopic (exact) mass is 513 g/mol. The quantitative estimate of drug-likeness (QED) is 0.442. The van der Waals surface area contributed by atoms with E-state index in [1.165, 1.54) is 18.2 Å². The number of anilines is 1. The smallest absolute Gasteiger partial charge is 0.416 e. The number of benzene rings is 3. The Morgan fingerprint density at radius 2 is 1.68 bits per heavy atom. The molecule has 0 radical (unpaired) electrons. The zero-order chi connectivity index (χ0) is 22.8. The minimum atomic E-state index is -4.67. The van der Waals surface area contributed by atoms with Gasteiger partial charge in [0, 0.05) is 10.0 Å². The van der Waals surface area contributed by atoms with Crippen molar-refractivity contribution in [3.63, 3.8) is 0 Å². The second-order valence-corrected chi connectivity index (χ2v) is 8.87. The fourth-order valence-corrected chi connectivity index (χ4v) is 4.89. The number of hydrogen-bond donors (Lipinski definition) is 1. The van der Waals surface area contributed by atoms with Gasteiger partial charge in [-0.2, -0.15) is 13.2 Å². The van der Waals surface area contributed by atoms with Crippen LogP contribution in [0.1, 0.15) is 15.9 Å². The number of alkyl halides is 3. The van der Waals surface area contributed by atoms with Gasteiger partial charge in [-0.25, -0.2) is 13.2 Å². The zero-order valence-electron chi connectivity index (χ0n) is 15.9. The van der Waals surface area contributed by atoms with Crippen LogP contribution in [0.2, 0.25) is 0 Å². The SMILES string of the molecule is COC(=O)c1ccc(Br)c(S(=O)(=O)Nc2cc(C(F)(F)F)ccc2-c2ccccc2)c1. The van der Waals surface area contributed by atoms with Gasteiger partial charge in [-0.1, -0.05) is 36.4 Å². The molecule has 0 heterocycles. The number of carbonyl (C=O) groups is 1. The van der Waals surface area contributed by atoms with Gasteiger partial charge in [-0.05, 0) is 51.8 Å². The largest absolute Gasteiger partial charge is 0.465 e. The third kappa shape index (κ3) is 5.08. The van der Waals surface area contributed by atoms with Crippen molar-refractivity contribution < 1.29 is 31.1 Å². The second kappa shape index (κ2) is 8.72. The number of methoxy groups -OCH3 is 1. The van der Waals surface area contributed by atoms with E-state index in [0.29, 0.717) is 5.56 Å². The molecule has 0 aromatic heterocycles. The van der Waals surface area contributed by atoms with Gasteiger partial charge in [-0.3, -0.25) is 4.72 Å². The van der Waals surface area contributed by atoms with Crippen LogP contribution in [0.5, 0.6) is 0 Å². The molecular weight excluding hydrogens is 499 g/mol. The molecule has 162 valence electrons. The molecule has 0 saturated carbocycles. The molecule has 3 rings (SSSR count). The molecular formula is C21H15BrF3NO4S. The Morgan fingerprint density at radius 1 is 1.00 bits per heavy atom. The molecule has 0 atom stereocenters. The highest BCUT2D eigenvalue weighted by atomic mass is 79.9. The third-order valence-electron chi connectivity index (χ3n) is 4.32. The van der Waals surface area contributed by atoms with Crippen molar-refractivity contribution in [2.45, 2.75) is 11.1 Å². The van der Waals surface area contributed by atoms with E-state index in [-0.39, 0.29) is 26.2 Å². The van der Waals surface area contributed by atoms with Crippen LogP contribution < -0.4 is 4.72 Å². The minimum absolute atomic E-state index is 0.0293. The molecule has 3 aromatic carbocycles. The lowest BCUT2D eigenvalue weighted by molar-refractivity contribution is -0.137. The van der Waals surface area contributed by atoms with Gasteiger partial charge in [0.15, 0.2) is 0 Å². The lowest BCUT2D eigenvalue weighted by atomic mass is 10.0. The Hall–Kier alpha value is -2.85. The number of sulfonamides is 1. The van der Waals surface area contributed by atoms with Gasteiger partial charge < -0.3 is 4.74 Å². The molecule has 0 aliphatic carbocycles. The first-order chi connectivity index (χ1) is 14.5. The molecule has 31 heavy (non-hydrogen) atoms. The van der Waals surface area contributed by atoms with Crippen LogP contribution in [0.3, 0.4) is 0 Å². The number of nitrogens with one attached hydrogen (secondary N) is 1. The van der Waals surface area contributed by atoms with Gasteiger partial charge in [0.25, 0.3) is 10.0 Å². The average molecular weight is 514 g/mol. The highest BCUT2D eigenvalue weighted by Crippen LogP contribution is 2.37. The Bertz CT molecular complexity index is 1230. The Morgan fingerprint density at radius 3 is 2.29 bits per heavy atom. The summed E-state index contributed by atoms with van der Waals surface area (Å²) in [5, 5.41) is 0. The summed E-state index contributed by atoms with van der Waals surface area (Å²) in [6.45, 7) is 0. The van der Waals surface area contributed by atoms with Crippen LogP contribution in [0.15, 0.2) is 76.1 Å². The maximum atomic E-state index is 13.3. The van der Waals surface area contributed by atoms with Crippen molar-refractivity contribution in [3.8, 4) is 11.1 Å².